The molecule has 4 rings (SSSR count). The van der Waals surface area contributed by atoms with E-state index < -0.39 is 0 Å². The summed E-state index contributed by atoms with van der Waals surface area (Å²) in [6.07, 6.45) is 0.416. The number of amides is 2. The third-order valence-corrected chi connectivity index (χ3v) is 6.10. The number of hydrogen-bond acceptors (Lipinski definition) is 3. The van der Waals surface area contributed by atoms with Crippen LogP contribution in [0.2, 0.25) is 0 Å². The molecule has 5 nitrogen and oxygen atoms in total. The topological polar surface area (TPSA) is 49.9 Å². The molecule has 2 heterocycles. The molecule has 2 aliphatic heterocycles. The number of likely N-dealkylation sites (tertiary alicyclic amines) is 2. The molecular formula is C23H25FN2O3. The van der Waals surface area contributed by atoms with Gasteiger partial charge < -0.3 is 14.5 Å². The highest BCUT2D eigenvalue weighted by molar-refractivity contribution is 5.94. The fourth-order valence-corrected chi connectivity index (χ4v) is 4.70. The summed E-state index contributed by atoms with van der Waals surface area (Å²) in [6, 6.07) is 13.4. The van der Waals surface area contributed by atoms with E-state index in [2.05, 4.69) is 0 Å². The molecule has 0 saturated carbocycles. The number of hydrogen-bond donors (Lipinski definition) is 0. The van der Waals surface area contributed by atoms with Crippen LogP contribution in [-0.2, 0) is 4.79 Å². The number of benzene rings is 2. The van der Waals surface area contributed by atoms with Crippen molar-refractivity contribution >= 4 is 11.8 Å². The van der Waals surface area contributed by atoms with Gasteiger partial charge in [-0.15, -0.1) is 0 Å². The Balaban J connectivity index is 1.57. The van der Waals surface area contributed by atoms with E-state index in [4.69, 9.17) is 4.74 Å². The number of rotatable bonds is 4. The molecule has 2 saturated heterocycles. The van der Waals surface area contributed by atoms with Gasteiger partial charge in [-0.25, -0.2) is 4.39 Å². The van der Waals surface area contributed by atoms with Crippen molar-refractivity contribution in [3.05, 3.63) is 65.5 Å². The zero-order valence-electron chi connectivity index (χ0n) is 16.7. The molecule has 0 radical (unpaired) electrons. The highest BCUT2D eigenvalue weighted by atomic mass is 19.1. The van der Waals surface area contributed by atoms with Crippen molar-refractivity contribution in [3.63, 3.8) is 0 Å². The van der Waals surface area contributed by atoms with Gasteiger partial charge in [-0.1, -0.05) is 19.1 Å². The Labute approximate surface area is 170 Å². The lowest BCUT2D eigenvalue weighted by atomic mass is 9.89. The summed E-state index contributed by atoms with van der Waals surface area (Å²) < 4.78 is 19.0. The van der Waals surface area contributed by atoms with Gasteiger partial charge in [-0.05, 0) is 42.0 Å². The van der Waals surface area contributed by atoms with Gasteiger partial charge in [0.25, 0.3) is 5.91 Å². The van der Waals surface area contributed by atoms with Crippen molar-refractivity contribution in [1.82, 2.24) is 9.80 Å². The van der Waals surface area contributed by atoms with E-state index in [1.165, 1.54) is 12.1 Å². The molecule has 0 unspecified atom stereocenters. The molecule has 0 bridgehead atoms. The first kappa shape index (κ1) is 19.4. The van der Waals surface area contributed by atoms with Crippen molar-refractivity contribution in [1.29, 1.82) is 0 Å². The number of carbonyl (C=O) groups excluding carboxylic acids is 2. The van der Waals surface area contributed by atoms with E-state index in [9.17, 15) is 14.0 Å². The standard InChI is InChI=1S/C23H25FN2O3/c1-3-21(27)26-13-17-12-25(23(28)15-7-9-19(29-2)10-8-15)14-20(17)22(26)16-5-4-6-18(24)11-16/h4-11,17,20,22H,3,12-14H2,1-2H3/t17-,20-,22+/m0/s1. The fraction of sp³-hybridized carbons (Fsp3) is 0.391. The van der Waals surface area contributed by atoms with Crippen molar-refractivity contribution in [2.45, 2.75) is 19.4 Å². The van der Waals surface area contributed by atoms with Gasteiger partial charge >= 0.3 is 0 Å². The average molecular weight is 396 g/mol. The number of ether oxygens (including phenoxy) is 1. The summed E-state index contributed by atoms with van der Waals surface area (Å²) in [4.78, 5) is 29.3. The van der Waals surface area contributed by atoms with Crippen LogP contribution in [0.15, 0.2) is 48.5 Å². The minimum Gasteiger partial charge on any atom is -0.497 e. The molecular weight excluding hydrogens is 371 g/mol. The Kier molecular flexibility index (Phi) is 5.26. The van der Waals surface area contributed by atoms with Gasteiger partial charge in [0.2, 0.25) is 5.91 Å². The predicted molar refractivity (Wildman–Crippen MR) is 107 cm³/mol. The fourth-order valence-electron chi connectivity index (χ4n) is 4.70. The van der Waals surface area contributed by atoms with E-state index >= 15 is 0 Å². The third-order valence-electron chi connectivity index (χ3n) is 6.10. The molecule has 0 aromatic heterocycles. The quantitative estimate of drug-likeness (QED) is 0.795. The molecule has 0 N–H and O–H groups in total. The van der Waals surface area contributed by atoms with Crippen LogP contribution in [0.3, 0.4) is 0 Å². The number of carbonyl (C=O) groups is 2. The van der Waals surface area contributed by atoms with Crippen LogP contribution in [0.1, 0.15) is 35.3 Å². The Morgan fingerprint density at radius 3 is 2.52 bits per heavy atom. The molecule has 2 amide bonds. The Bertz CT molecular complexity index is 915. The maximum atomic E-state index is 13.9. The zero-order chi connectivity index (χ0) is 20.5. The molecule has 2 aromatic carbocycles. The second-order valence-electron chi connectivity index (χ2n) is 7.76. The first-order valence-electron chi connectivity index (χ1n) is 10.00. The summed E-state index contributed by atoms with van der Waals surface area (Å²) in [7, 11) is 1.59. The molecule has 2 fully saturated rings. The minimum atomic E-state index is -0.306. The van der Waals surface area contributed by atoms with Crippen molar-refractivity contribution in [2.24, 2.45) is 11.8 Å². The molecule has 29 heavy (non-hydrogen) atoms. The Morgan fingerprint density at radius 2 is 1.86 bits per heavy atom. The highest BCUT2D eigenvalue weighted by Gasteiger charge is 2.49. The maximum absolute atomic E-state index is 13.9. The second-order valence-corrected chi connectivity index (χ2v) is 7.76. The van der Waals surface area contributed by atoms with Crippen molar-refractivity contribution in [3.8, 4) is 5.75 Å². The summed E-state index contributed by atoms with van der Waals surface area (Å²) in [5, 5.41) is 0. The number of nitrogens with zero attached hydrogens (tertiary/aromatic N) is 2. The monoisotopic (exact) mass is 396 g/mol. The van der Waals surface area contributed by atoms with Crippen LogP contribution in [0.4, 0.5) is 4.39 Å². The maximum Gasteiger partial charge on any atom is 0.253 e. The second kappa shape index (κ2) is 7.85. The van der Waals surface area contributed by atoms with Crippen LogP contribution < -0.4 is 4.74 Å². The lowest BCUT2D eigenvalue weighted by Crippen LogP contribution is -2.37. The minimum absolute atomic E-state index is 0.0200. The van der Waals surface area contributed by atoms with Gasteiger partial charge in [-0.3, -0.25) is 9.59 Å². The normalized spacial score (nSPS) is 23.2. The smallest absolute Gasteiger partial charge is 0.253 e. The molecule has 2 aromatic rings. The van der Waals surface area contributed by atoms with Crippen LogP contribution in [0, 0.1) is 17.7 Å². The van der Waals surface area contributed by atoms with Crippen LogP contribution in [0.25, 0.3) is 0 Å². The summed E-state index contributed by atoms with van der Waals surface area (Å²) in [5.74, 6) is 0.754. The lowest BCUT2D eigenvalue weighted by Gasteiger charge is -2.30. The molecule has 0 spiro atoms. The number of methoxy groups -OCH3 is 1. The third kappa shape index (κ3) is 3.59. The summed E-state index contributed by atoms with van der Waals surface area (Å²) in [6.45, 7) is 3.61. The molecule has 0 aliphatic carbocycles. The van der Waals surface area contributed by atoms with Gasteiger partial charge in [0.15, 0.2) is 0 Å². The summed E-state index contributed by atoms with van der Waals surface area (Å²) >= 11 is 0. The van der Waals surface area contributed by atoms with Gasteiger partial charge in [0.05, 0.1) is 13.2 Å². The van der Waals surface area contributed by atoms with Crippen LogP contribution >= 0.6 is 0 Å². The van der Waals surface area contributed by atoms with E-state index in [0.29, 0.717) is 37.4 Å². The first-order chi connectivity index (χ1) is 14.0. The van der Waals surface area contributed by atoms with E-state index in [1.54, 1.807) is 37.4 Å². The predicted octanol–water partition coefficient (Wildman–Crippen LogP) is 3.52. The first-order valence-corrected chi connectivity index (χ1v) is 10.00. The van der Waals surface area contributed by atoms with Gasteiger partial charge in [-0.2, -0.15) is 0 Å². The van der Waals surface area contributed by atoms with E-state index in [-0.39, 0.29) is 35.5 Å². The number of fused-ring (bicyclic) bond motifs is 1. The molecule has 2 aliphatic rings. The van der Waals surface area contributed by atoms with Gasteiger partial charge in [0, 0.05) is 43.5 Å². The highest BCUT2D eigenvalue weighted by Crippen LogP contribution is 2.45. The summed E-state index contributed by atoms with van der Waals surface area (Å²) in [5.41, 5.74) is 1.42. The van der Waals surface area contributed by atoms with Crippen molar-refractivity contribution < 1.29 is 18.7 Å². The van der Waals surface area contributed by atoms with Gasteiger partial charge in [0.1, 0.15) is 11.6 Å². The Morgan fingerprint density at radius 1 is 1.10 bits per heavy atom. The molecule has 3 atom stereocenters. The van der Waals surface area contributed by atoms with E-state index in [1.807, 2.05) is 22.8 Å². The lowest BCUT2D eigenvalue weighted by molar-refractivity contribution is -0.132. The average Bonchev–Trinajstić information content (AvgIpc) is 3.30. The zero-order valence-corrected chi connectivity index (χ0v) is 16.7. The Hall–Kier alpha value is -2.89. The van der Waals surface area contributed by atoms with Crippen LogP contribution in [0.5, 0.6) is 5.75 Å². The largest absolute Gasteiger partial charge is 0.497 e. The SMILES string of the molecule is CCC(=O)N1C[C@@H]2CN(C(=O)c3ccc(OC)cc3)C[C@@H]2[C@H]1c1cccc(F)c1. The molecule has 152 valence electrons. The van der Waals surface area contributed by atoms with Crippen LogP contribution in [-0.4, -0.2) is 48.4 Å². The van der Waals surface area contributed by atoms with Crippen molar-refractivity contribution in [2.75, 3.05) is 26.7 Å². The molecule has 6 heteroatoms. The number of halogens is 1. The van der Waals surface area contributed by atoms with E-state index in [0.717, 1.165) is 5.56 Å².